The summed E-state index contributed by atoms with van der Waals surface area (Å²) in [5, 5.41) is 6.37. The quantitative estimate of drug-likeness (QED) is 0.207. The van der Waals surface area contributed by atoms with E-state index in [1.54, 1.807) is 12.1 Å². The number of halogens is 1. The zero-order valence-corrected chi connectivity index (χ0v) is 17.7. The molecule has 4 rings (SSSR count). The van der Waals surface area contributed by atoms with E-state index in [1.165, 1.54) is 17.0 Å². The number of imide groups is 1. The molecular formula is C23H29FN4O3. The number of guanidine groups is 1. The van der Waals surface area contributed by atoms with Crippen LogP contribution in [0.2, 0.25) is 0 Å². The molecule has 3 aliphatic rings. The summed E-state index contributed by atoms with van der Waals surface area (Å²) in [4.78, 5) is 31.4. The van der Waals surface area contributed by atoms with Gasteiger partial charge in [-0.05, 0) is 49.4 Å². The van der Waals surface area contributed by atoms with Crippen LogP contribution in [0.15, 0.2) is 41.4 Å². The summed E-state index contributed by atoms with van der Waals surface area (Å²) in [7, 11) is 0. The van der Waals surface area contributed by atoms with Gasteiger partial charge in [-0.3, -0.25) is 19.5 Å². The zero-order chi connectivity index (χ0) is 21.8. The molecule has 0 aromatic heterocycles. The minimum absolute atomic E-state index is 0.0199. The number of fused-ring (bicyclic) bond motifs is 5. The fraction of sp³-hybridized carbons (Fsp3) is 0.522. The number of ether oxygens (including phenoxy) is 1. The number of carbonyl (C=O) groups excluding carboxylic acids is 2. The van der Waals surface area contributed by atoms with Crippen molar-refractivity contribution < 1.29 is 18.7 Å². The second kappa shape index (κ2) is 9.49. The highest BCUT2D eigenvalue weighted by atomic mass is 19.1. The Morgan fingerprint density at radius 1 is 1.13 bits per heavy atom. The zero-order valence-electron chi connectivity index (χ0n) is 17.7. The van der Waals surface area contributed by atoms with Gasteiger partial charge in [0.05, 0.1) is 18.4 Å². The molecule has 2 aliphatic carbocycles. The van der Waals surface area contributed by atoms with E-state index in [0.29, 0.717) is 50.9 Å². The van der Waals surface area contributed by atoms with Crippen molar-refractivity contribution in [2.45, 2.75) is 19.8 Å². The molecule has 2 N–H and O–H groups in total. The highest BCUT2D eigenvalue weighted by Crippen LogP contribution is 2.52. The molecule has 166 valence electrons. The molecule has 2 fully saturated rings. The van der Waals surface area contributed by atoms with Crippen molar-refractivity contribution in [3.63, 3.8) is 0 Å². The van der Waals surface area contributed by atoms with Gasteiger partial charge >= 0.3 is 0 Å². The minimum atomic E-state index is -0.289. The van der Waals surface area contributed by atoms with Gasteiger partial charge in [-0.1, -0.05) is 12.2 Å². The Labute approximate surface area is 181 Å². The van der Waals surface area contributed by atoms with Crippen molar-refractivity contribution in [2.75, 3.05) is 32.8 Å². The van der Waals surface area contributed by atoms with Crippen LogP contribution in [0.25, 0.3) is 0 Å². The molecule has 1 heterocycles. The second-order valence-electron chi connectivity index (χ2n) is 8.17. The van der Waals surface area contributed by atoms with Crippen LogP contribution in [0.5, 0.6) is 5.75 Å². The smallest absolute Gasteiger partial charge is 0.233 e. The molecule has 7 nitrogen and oxygen atoms in total. The monoisotopic (exact) mass is 428 g/mol. The lowest BCUT2D eigenvalue weighted by atomic mass is 9.85. The van der Waals surface area contributed by atoms with E-state index in [9.17, 15) is 14.0 Å². The summed E-state index contributed by atoms with van der Waals surface area (Å²) in [6.45, 7) is 4.52. The number of nitrogens with one attached hydrogen (secondary N) is 2. The molecule has 1 aromatic rings. The largest absolute Gasteiger partial charge is 0.494 e. The number of amides is 2. The standard InChI is InChI=1S/C23H29FN4O3/c1-2-25-23(26-10-3-13-31-18-8-6-17(24)7-9-18)27-11-12-28-21(29)19-15-4-5-16(14-15)20(19)22(28)30/h4-9,15-16,19-20H,2-3,10-14H2,1H3,(H2,25,26,27). The fourth-order valence-electron chi connectivity index (χ4n) is 4.79. The van der Waals surface area contributed by atoms with Gasteiger partial charge in [0.25, 0.3) is 0 Å². The Balaban J connectivity index is 1.20. The lowest BCUT2D eigenvalue weighted by molar-refractivity contribution is -0.140. The van der Waals surface area contributed by atoms with E-state index in [0.717, 1.165) is 6.42 Å². The minimum Gasteiger partial charge on any atom is -0.494 e. The molecule has 4 atom stereocenters. The maximum absolute atomic E-state index is 12.9. The van der Waals surface area contributed by atoms with Crippen molar-refractivity contribution in [2.24, 2.45) is 28.7 Å². The van der Waals surface area contributed by atoms with E-state index >= 15 is 0 Å². The lowest BCUT2D eigenvalue weighted by Crippen LogP contribution is -2.43. The predicted molar refractivity (Wildman–Crippen MR) is 115 cm³/mol. The molecule has 4 unspecified atom stereocenters. The van der Waals surface area contributed by atoms with Gasteiger partial charge in [0.15, 0.2) is 5.96 Å². The van der Waals surface area contributed by atoms with Crippen LogP contribution in [-0.2, 0) is 9.59 Å². The number of nitrogens with zero attached hydrogens (tertiary/aromatic N) is 2. The SMILES string of the molecule is CCNC(=NCCCOc1ccc(F)cc1)NCCN1C(=O)C2C3C=CC(C3)C2C1=O. The summed E-state index contributed by atoms with van der Waals surface area (Å²) in [6.07, 6.45) is 5.86. The van der Waals surface area contributed by atoms with Crippen LogP contribution < -0.4 is 15.4 Å². The fourth-order valence-corrected chi connectivity index (χ4v) is 4.79. The Morgan fingerprint density at radius 3 is 2.45 bits per heavy atom. The Bertz CT molecular complexity index is 840. The molecule has 2 amide bonds. The number of aliphatic imine (C=N–C) groups is 1. The molecule has 31 heavy (non-hydrogen) atoms. The van der Waals surface area contributed by atoms with Crippen LogP contribution in [0.1, 0.15) is 19.8 Å². The topological polar surface area (TPSA) is 83.0 Å². The lowest BCUT2D eigenvalue weighted by Gasteiger charge is -2.18. The van der Waals surface area contributed by atoms with E-state index < -0.39 is 0 Å². The highest BCUT2D eigenvalue weighted by Gasteiger charge is 2.58. The van der Waals surface area contributed by atoms with Crippen molar-refractivity contribution in [1.82, 2.24) is 15.5 Å². The maximum Gasteiger partial charge on any atom is 0.233 e. The van der Waals surface area contributed by atoms with Crippen LogP contribution in [0.3, 0.4) is 0 Å². The van der Waals surface area contributed by atoms with Crippen LogP contribution in [0, 0.1) is 29.5 Å². The van der Waals surface area contributed by atoms with Crippen LogP contribution in [-0.4, -0.2) is 55.5 Å². The molecule has 2 bridgehead atoms. The molecular weight excluding hydrogens is 399 g/mol. The van der Waals surface area contributed by atoms with Crippen LogP contribution in [0.4, 0.5) is 4.39 Å². The molecule has 0 radical (unpaired) electrons. The summed E-state index contributed by atoms with van der Waals surface area (Å²) in [6, 6.07) is 5.93. The number of benzene rings is 1. The normalized spacial score (nSPS) is 26.5. The van der Waals surface area contributed by atoms with Gasteiger partial charge in [0.2, 0.25) is 11.8 Å². The Hall–Kier alpha value is -2.90. The van der Waals surface area contributed by atoms with Crippen molar-refractivity contribution >= 4 is 17.8 Å². The van der Waals surface area contributed by atoms with E-state index in [4.69, 9.17) is 4.74 Å². The van der Waals surface area contributed by atoms with E-state index in [2.05, 4.69) is 27.8 Å². The summed E-state index contributed by atoms with van der Waals surface area (Å²) >= 11 is 0. The predicted octanol–water partition coefficient (Wildman–Crippen LogP) is 1.96. The number of likely N-dealkylation sites (tertiary alicyclic amines) is 1. The Kier molecular flexibility index (Phi) is 6.53. The molecule has 1 aliphatic heterocycles. The van der Waals surface area contributed by atoms with Crippen molar-refractivity contribution in [3.05, 3.63) is 42.2 Å². The summed E-state index contributed by atoms with van der Waals surface area (Å²) in [5.74, 6) is 1.12. The second-order valence-corrected chi connectivity index (χ2v) is 8.17. The maximum atomic E-state index is 12.9. The summed E-state index contributed by atoms with van der Waals surface area (Å²) in [5.41, 5.74) is 0. The van der Waals surface area contributed by atoms with Gasteiger partial charge in [-0.25, -0.2) is 4.39 Å². The highest BCUT2D eigenvalue weighted by molar-refractivity contribution is 6.06. The third-order valence-electron chi connectivity index (χ3n) is 6.19. The number of hydrogen-bond acceptors (Lipinski definition) is 4. The van der Waals surface area contributed by atoms with Gasteiger partial charge in [0, 0.05) is 32.6 Å². The summed E-state index contributed by atoms with van der Waals surface area (Å²) < 4.78 is 18.5. The third kappa shape index (κ3) is 4.57. The first-order valence-corrected chi connectivity index (χ1v) is 11.0. The third-order valence-corrected chi connectivity index (χ3v) is 6.19. The van der Waals surface area contributed by atoms with Crippen LogP contribution >= 0.6 is 0 Å². The first-order valence-electron chi connectivity index (χ1n) is 11.0. The van der Waals surface area contributed by atoms with Gasteiger partial charge in [-0.15, -0.1) is 0 Å². The average molecular weight is 429 g/mol. The van der Waals surface area contributed by atoms with Gasteiger partial charge in [-0.2, -0.15) is 0 Å². The molecule has 1 saturated heterocycles. The van der Waals surface area contributed by atoms with E-state index in [1.807, 2.05) is 6.92 Å². The first kappa shape index (κ1) is 21.3. The molecule has 8 heteroatoms. The molecule has 0 spiro atoms. The van der Waals surface area contributed by atoms with Gasteiger partial charge in [0.1, 0.15) is 11.6 Å². The number of rotatable bonds is 9. The van der Waals surface area contributed by atoms with Crippen molar-refractivity contribution in [3.8, 4) is 5.75 Å². The molecule has 1 aromatic carbocycles. The number of allylic oxidation sites excluding steroid dienone is 2. The Morgan fingerprint density at radius 2 is 1.81 bits per heavy atom. The average Bonchev–Trinajstić information content (AvgIpc) is 3.44. The van der Waals surface area contributed by atoms with Crippen molar-refractivity contribution in [1.29, 1.82) is 0 Å². The molecule has 1 saturated carbocycles. The number of hydrogen-bond donors (Lipinski definition) is 2. The van der Waals surface area contributed by atoms with Gasteiger partial charge < -0.3 is 15.4 Å². The number of carbonyl (C=O) groups is 2. The van der Waals surface area contributed by atoms with E-state index in [-0.39, 0.29) is 41.3 Å². The first-order chi connectivity index (χ1) is 15.1.